The number of hydrogen-bond acceptors (Lipinski definition) is 4. The third-order valence-electron chi connectivity index (χ3n) is 2.31. The van der Waals surface area contributed by atoms with Crippen LogP contribution < -0.4 is 11.1 Å². The monoisotopic (exact) mass is 214 g/mol. The zero-order valence-electron chi connectivity index (χ0n) is 8.93. The summed E-state index contributed by atoms with van der Waals surface area (Å²) < 4.78 is 0. The maximum absolute atomic E-state index is 5.53. The number of rotatable bonds is 4. The van der Waals surface area contributed by atoms with Crippen molar-refractivity contribution < 1.29 is 0 Å². The lowest BCUT2D eigenvalue weighted by molar-refractivity contribution is 1.05. The van der Waals surface area contributed by atoms with Gasteiger partial charge in [-0.2, -0.15) is 0 Å². The second-order valence-corrected chi connectivity index (χ2v) is 3.47. The Labute approximate surface area is 94.5 Å². The molecule has 1 aromatic heterocycles. The summed E-state index contributed by atoms with van der Waals surface area (Å²) >= 11 is 0. The zero-order chi connectivity index (χ0) is 11.2. The summed E-state index contributed by atoms with van der Waals surface area (Å²) in [5, 5.41) is 3.22. The normalized spacial score (nSPS) is 10.1. The van der Waals surface area contributed by atoms with Crippen LogP contribution in [0.1, 0.15) is 11.1 Å². The molecule has 0 spiro atoms. The fourth-order valence-electron chi connectivity index (χ4n) is 1.38. The first-order chi connectivity index (χ1) is 7.88. The first-order valence-corrected chi connectivity index (χ1v) is 5.16. The molecule has 4 nitrogen and oxygen atoms in total. The molecule has 4 heteroatoms. The predicted octanol–water partition coefficient (Wildman–Crippen LogP) is 1.55. The summed E-state index contributed by atoms with van der Waals surface area (Å²) in [5.74, 6) is 0.831. The average molecular weight is 214 g/mol. The molecule has 0 fully saturated rings. The molecule has 2 rings (SSSR count). The van der Waals surface area contributed by atoms with Gasteiger partial charge in [0.1, 0.15) is 12.1 Å². The summed E-state index contributed by atoms with van der Waals surface area (Å²) in [6.45, 7) is 1.33. The van der Waals surface area contributed by atoms with Crippen molar-refractivity contribution in [2.24, 2.45) is 5.73 Å². The molecule has 0 bridgehead atoms. The third-order valence-corrected chi connectivity index (χ3v) is 2.31. The number of nitrogens with one attached hydrogen (secondary N) is 1. The summed E-state index contributed by atoms with van der Waals surface area (Å²) in [6, 6.07) is 10.1. The van der Waals surface area contributed by atoms with Gasteiger partial charge < -0.3 is 11.1 Å². The van der Waals surface area contributed by atoms with Gasteiger partial charge in [-0.05, 0) is 17.2 Å². The number of benzene rings is 1. The van der Waals surface area contributed by atoms with Crippen LogP contribution in [0.15, 0.2) is 42.9 Å². The van der Waals surface area contributed by atoms with Gasteiger partial charge in [0.25, 0.3) is 0 Å². The molecule has 0 aliphatic carbocycles. The summed E-state index contributed by atoms with van der Waals surface area (Å²) in [4.78, 5) is 7.94. The molecule has 3 N–H and O–H groups in total. The van der Waals surface area contributed by atoms with Crippen LogP contribution in [0, 0.1) is 0 Å². The SMILES string of the molecule is NCc1ccc(CNc2ccncn2)cc1. The minimum atomic E-state index is 0.583. The molecule has 82 valence electrons. The Hall–Kier alpha value is -1.94. The molecule has 16 heavy (non-hydrogen) atoms. The lowest BCUT2D eigenvalue weighted by Crippen LogP contribution is -2.02. The van der Waals surface area contributed by atoms with E-state index >= 15 is 0 Å². The van der Waals surface area contributed by atoms with E-state index in [0.29, 0.717) is 6.54 Å². The Morgan fingerprint density at radius 2 is 1.81 bits per heavy atom. The molecule has 0 amide bonds. The topological polar surface area (TPSA) is 63.8 Å². The average Bonchev–Trinajstić information content (AvgIpc) is 2.38. The fraction of sp³-hybridized carbons (Fsp3) is 0.167. The highest BCUT2D eigenvalue weighted by Crippen LogP contribution is 2.06. The Balaban J connectivity index is 1.94. The van der Waals surface area contributed by atoms with Gasteiger partial charge in [0.15, 0.2) is 0 Å². The zero-order valence-corrected chi connectivity index (χ0v) is 8.93. The van der Waals surface area contributed by atoms with Gasteiger partial charge in [-0.15, -0.1) is 0 Å². The highest BCUT2D eigenvalue weighted by Gasteiger charge is 1.95. The molecular weight excluding hydrogens is 200 g/mol. The molecule has 0 aliphatic heterocycles. The van der Waals surface area contributed by atoms with E-state index in [9.17, 15) is 0 Å². The molecule has 2 aromatic rings. The maximum atomic E-state index is 5.53. The van der Waals surface area contributed by atoms with Gasteiger partial charge in [0.05, 0.1) is 0 Å². The molecule has 0 saturated carbocycles. The van der Waals surface area contributed by atoms with Gasteiger partial charge in [-0.25, -0.2) is 9.97 Å². The van der Waals surface area contributed by atoms with Crippen molar-refractivity contribution in [3.05, 3.63) is 54.0 Å². The van der Waals surface area contributed by atoms with Crippen LogP contribution in [0.2, 0.25) is 0 Å². The first kappa shape index (κ1) is 10.6. The highest BCUT2D eigenvalue weighted by molar-refractivity contribution is 5.34. The third kappa shape index (κ3) is 2.77. The van der Waals surface area contributed by atoms with E-state index in [0.717, 1.165) is 17.9 Å². The number of nitrogens with two attached hydrogens (primary N) is 1. The summed E-state index contributed by atoms with van der Waals surface area (Å²) in [5.41, 5.74) is 7.88. The van der Waals surface area contributed by atoms with Crippen LogP contribution in [0.4, 0.5) is 5.82 Å². The number of aromatic nitrogens is 2. The van der Waals surface area contributed by atoms with Gasteiger partial charge in [0.2, 0.25) is 0 Å². The van der Waals surface area contributed by atoms with Crippen LogP contribution in [-0.4, -0.2) is 9.97 Å². The molecule has 0 aliphatic rings. The maximum Gasteiger partial charge on any atom is 0.129 e. The van der Waals surface area contributed by atoms with Gasteiger partial charge in [-0.3, -0.25) is 0 Å². The Kier molecular flexibility index (Phi) is 3.46. The van der Waals surface area contributed by atoms with Crippen molar-refractivity contribution in [1.29, 1.82) is 0 Å². The standard InChI is InChI=1S/C12H14N4/c13-7-10-1-3-11(4-2-10)8-15-12-5-6-14-9-16-12/h1-6,9H,7-8,13H2,(H,14,15,16). The van der Waals surface area contributed by atoms with Crippen LogP contribution in [0.5, 0.6) is 0 Å². The fourth-order valence-corrected chi connectivity index (χ4v) is 1.38. The van der Waals surface area contributed by atoms with E-state index < -0.39 is 0 Å². The van der Waals surface area contributed by atoms with Crippen LogP contribution in [-0.2, 0) is 13.1 Å². The largest absolute Gasteiger partial charge is 0.366 e. The van der Waals surface area contributed by atoms with Gasteiger partial charge in [-0.1, -0.05) is 24.3 Å². The second-order valence-electron chi connectivity index (χ2n) is 3.47. The van der Waals surface area contributed by atoms with E-state index in [-0.39, 0.29) is 0 Å². The van der Waals surface area contributed by atoms with E-state index in [2.05, 4.69) is 27.4 Å². The van der Waals surface area contributed by atoms with E-state index in [1.165, 1.54) is 11.9 Å². The number of nitrogens with zero attached hydrogens (tertiary/aromatic N) is 2. The predicted molar refractivity (Wildman–Crippen MR) is 63.7 cm³/mol. The lowest BCUT2D eigenvalue weighted by Gasteiger charge is -2.05. The van der Waals surface area contributed by atoms with Crippen molar-refractivity contribution in [1.82, 2.24) is 9.97 Å². The molecule has 0 saturated heterocycles. The quantitative estimate of drug-likeness (QED) is 0.810. The van der Waals surface area contributed by atoms with Crippen LogP contribution >= 0.6 is 0 Å². The minimum absolute atomic E-state index is 0.583. The van der Waals surface area contributed by atoms with Crippen LogP contribution in [0.3, 0.4) is 0 Å². The van der Waals surface area contributed by atoms with Crippen molar-refractivity contribution in [3.8, 4) is 0 Å². The van der Waals surface area contributed by atoms with E-state index in [1.54, 1.807) is 6.20 Å². The minimum Gasteiger partial charge on any atom is -0.366 e. The molecule has 1 heterocycles. The van der Waals surface area contributed by atoms with E-state index in [4.69, 9.17) is 5.73 Å². The van der Waals surface area contributed by atoms with Crippen LogP contribution in [0.25, 0.3) is 0 Å². The Morgan fingerprint density at radius 1 is 1.06 bits per heavy atom. The summed E-state index contributed by atoms with van der Waals surface area (Å²) in [6.07, 6.45) is 3.24. The van der Waals surface area contributed by atoms with Crippen molar-refractivity contribution >= 4 is 5.82 Å². The lowest BCUT2D eigenvalue weighted by atomic mass is 10.1. The number of hydrogen-bond donors (Lipinski definition) is 2. The Bertz CT molecular complexity index is 425. The molecule has 1 aromatic carbocycles. The molecular formula is C12H14N4. The molecule has 0 radical (unpaired) electrons. The van der Waals surface area contributed by atoms with Crippen molar-refractivity contribution in [2.75, 3.05) is 5.32 Å². The number of anilines is 1. The van der Waals surface area contributed by atoms with E-state index in [1.807, 2.05) is 18.2 Å². The Morgan fingerprint density at radius 3 is 2.44 bits per heavy atom. The second kappa shape index (κ2) is 5.23. The first-order valence-electron chi connectivity index (χ1n) is 5.16. The van der Waals surface area contributed by atoms with Gasteiger partial charge >= 0.3 is 0 Å². The summed E-state index contributed by atoms with van der Waals surface area (Å²) in [7, 11) is 0. The molecule has 0 atom stereocenters. The highest BCUT2D eigenvalue weighted by atomic mass is 15.0. The van der Waals surface area contributed by atoms with Gasteiger partial charge in [0, 0.05) is 19.3 Å². The van der Waals surface area contributed by atoms with Crippen molar-refractivity contribution in [3.63, 3.8) is 0 Å². The molecule has 0 unspecified atom stereocenters. The van der Waals surface area contributed by atoms with Crippen molar-refractivity contribution in [2.45, 2.75) is 13.1 Å². The smallest absolute Gasteiger partial charge is 0.129 e.